The fourth-order valence-corrected chi connectivity index (χ4v) is 6.51. The second-order valence-corrected chi connectivity index (χ2v) is 12.7. The van der Waals surface area contributed by atoms with Gasteiger partial charge in [-0.1, -0.05) is 102 Å². The molecular formula is C33H33Cl2N3O4S. The zero-order valence-corrected chi connectivity index (χ0v) is 26.2. The van der Waals surface area contributed by atoms with Crippen molar-refractivity contribution in [3.05, 3.63) is 130 Å². The first-order valence-electron chi connectivity index (χ1n) is 13.8. The van der Waals surface area contributed by atoms with Crippen molar-refractivity contribution in [1.82, 2.24) is 10.2 Å². The third kappa shape index (κ3) is 8.16. The minimum Gasteiger partial charge on any atom is -0.355 e. The van der Waals surface area contributed by atoms with Crippen molar-refractivity contribution < 1.29 is 18.0 Å². The van der Waals surface area contributed by atoms with Crippen LogP contribution >= 0.6 is 23.2 Å². The molecule has 4 rings (SSSR count). The van der Waals surface area contributed by atoms with E-state index in [1.54, 1.807) is 25.1 Å². The number of carbonyl (C=O) groups excluding carboxylic acids is 2. The van der Waals surface area contributed by atoms with Gasteiger partial charge in [0.2, 0.25) is 11.8 Å². The van der Waals surface area contributed by atoms with Crippen molar-refractivity contribution in [2.45, 2.75) is 37.8 Å². The topological polar surface area (TPSA) is 86.8 Å². The van der Waals surface area contributed by atoms with E-state index in [4.69, 9.17) is 23.2 Å². The highest BCUT2D eigenvalue weighted by Gasteiger charge is 2.35. The molecule has 2 amide bonds. The Balaban J connectivity index is 1.81. The van der Waals surface area contributed by atoms with Crippen LogP contribution in [0.3, 0.4) is 0 Å². The van der Waals surface area contributed by atoms with Crippen molar-refractivity contribution >= 4 is 50.7 Å². The van der Waals surface area contributed by atoms with Gasteiger partial charge in [-0.15, -0.1) is 0 Å². The van der Waals surface area contributed by atoms with Gasteiger partial charge in [-0.05, 0) is 55.3 Å². The maximum absolute atomic E-state index is 14.4. The molecular weight excluding hydrogens is 605 g/mol. The molecule has 4 aromatic rings. The Hall–Kier alpha value is -3.85. The van der Waals surface area contributed by atoms with Gasteiger partial charge in [-0.3, -0.25) is 13.9 Å². The number of hydrogen-bond donors (Lipinski definition) is 1. The lowest BCUT2D eigenvalue weighted by Gasteiger charge is -2.34. The Morgan fingerprint density at radius 3 is 2.05 bits per heavy atom. The molecule has 0 unspecified atom stereocenters. The molecule has 0 saturated carbocycles. The summed E-state index contributed by atoms with van der Waals surface area (Å²) in [4.78, 5) is 29.3. The fraction of sp³-hybridized carbons (Fsp3) is 0.212. The van der Waals surface area contributed by atoms with Crippen LogP contribution < -0.4 is 9.62 Å². The standard InChI is InChI=1S/C33H33Cl2N3O4S/c1-3-36-33(40)31(20-25-10-6-4-7-11-25)37(22-26-12-8-5-9-13-26)32(39)23-38(30-21-27(34)16-19-29(30)35)43(41,42)28-17-14-24(2)15-18-28/h4-19,21,31H,3,20,22-23H2,1-2H3,(H,36,40)/t31-/m0/s1. The molecule has 0 aliphatic carbocycles. The van der Waals surface area contributed by atoms with Crippen LogP contribution in [0.1, 0.15) is 23.6 Å². The van der Waals surface area contributed by atoms with Gasteiger partial charge in [0, 0.05) is 24.5 Å². The van der Waals surface area contributed by atoms with Crippen LogP contribution in [0.25, 0.3) is 0 Å². The van der Waals surface area contributed by atoms with Crippen molar-refractivity contribution in [2.75, 3.05) is 17.4 Å². The van der Waals surface area contributed by atoms with E-state index in [9.17, 15) is 18.0 Å². The lowest BCUT2D eigenvalue weighted by Crippen LogP contribution is -2.53. The van der Waals surface area contributed by atoms with Gasteiger partial charge in [-0.2, -0.15) is 0 Å². The molecule has 224 valence electrons. The van der Waals surface area contributed by atoms with E-state index in [0.717, 1.165) is 21.0 Å². The van der Waals surface area contributed by atoms with Crippen LogP contribution in [0.5, 0.6) is 0 Å². The number of hydrogen-bond acceptors (Lipinski definition) is 4. The van der Waals surface area contributed by atoms with Crippen LogP contribution in [-0.4, -0.2) is 44.3 Å². The second kappa shape index (κ2) is 14.6. The van der Waals surface area contributed by atoms with Crippen LogP contribution in [0.4, 0.5) is 5.69 Å². The molecule has 1 N–H and O–H groups in total. The summed E-state index contributed by atoms with van der Waals surface area (Å²) in [6.07, 6.45) is 0.230. The third-order valence-corrected chi connectivity index (χ3v) is 9.21. The minimum atomic E-state index is -4.28. The highest BCUT2D eigenvalue weighted by Crippen LogP contribution is 2.33. The molecule has 0 saturated heterocycles. The fourth-order valence-electron chi connectivity index (χ4n) is 4.65. The number of nitrogens with zero attached hydrogens (tertiary/aromatic N) is 2. The van der Waals surface area contributed by atoms with Gasteiger partial charge in [-0.25, -0.2) is 8.42 Å². The van der Waals surface area contributed by atoms with E-state index in [1.165, 1.54) is 29.2 Å². The molecule has 0 spiro atoms. The summed E-state index contributed by atoms with van der Waals surface area (Å²) in [5.41, 5.74) is 2.57. The van der Waals surface area contributed by atoms with Gasteiger partial charge >= 0.3 is 0 Å². The monoisotopic (exact) mass is 637 g/mol. The van der Waals surface area contributed by atoms with Crippen molar-refractivity contribution in [1.29, 1.82) is 0 Å². The molecule has 0 radical (unpaired) electrons. The maximum atomic E-state index is 14.4. The highest BCUT2D eigenvalue weighted by molar-refractivity contribution is 7.92. The summed E-state index contributed by atoms with van der Waals surface area (Å²) in [6, 6.07) is 28.5. The second-order valence-electron chi connectivity index (χ2n) is 10.0. The Kier molecular flexibility index (Phi) is 10.9. The Morgan fingerprint density at radius 1 is 0.837 bits per heavy atom. The van der Waals surface area contributed by atoms with Crippen LogP contribution in [0.2, 0.25) is 10.0 Å². The Bertz CT molecular complexity index is 1650. The smallest absolute Gasteiger partial charge is 0.264 e. The predicted octanol–water partition coefficient (Wildman–Crippen LogP) is 6.27. The van der Waals surface area contributed by atoms with E-state index in [2.05, 4.69) is 5.32 Å². The van der Waals surface area contributed by atoms with E-state index >= 15 is 0 Å². The number of aryl methyl sites for hydroxylation is 1. The summed E-state index contributed by atoms with van der Waals surface area (Å²) < 4.78 is 29.2. The number of rotatable bonds is 12. The SMILES string of the molecule is CCNC(=O)[C@H](Cc1ccccc1)N(Cc1ccccc1)C(=O)CN(c1cc(Cl)ccc1Cl)S(=O)(=O)c1ccc(C)cc1. The van der Waals surface area contributed by atoms with Crippen LogP contribution in [0.15, 0.2) is 108 Å². The zero-order valence-electron chi connectivity index (χ0n) is 23.9. The number of carbonyl (C=O) groups is 2. The number of halogens is 2. The lowest BCUT2D eigenvalue weighted by atomic mass is 10.0. The quantitative estimate of drug-likeness (QED) is 0.198. The summed E-state index contributed by atoms with van der Waals surface area (Å²) in [6.45, 7) is 3.48. The van der Waals surface area contributed by atoms with E-state index in [0.29, 0.717) is 6.54 Å². The van der Waals surface area contributed by atoms with E-state index in [-0.39, 0.29) is 39.5 Å². The molecule has 0 heterocycles. The predicted molar refractivity (Wildman–Crippen MR) is 172 cm³/mol. The summed E-state index contributed by atoms with van der Waals surface area (Å²) >= 11 is 12.8. The Labute approximate surface area is 263 Å². The molecule has 43 heavy (non-hydrogen) atoms. The largest absolute Gasteiger partial charge is 0.355 e. The first-order valence-corrected chi connectivity index (χ1v) is 16.0. The van der Waals surface area contributed by atoms with Gasteiger partial charge in [0.05, 0.1) is 15.6 Å². The van der Waals surface area contributed by atoms with Gasteiger partial charge in [0.15, 0.2) is 0 Å². The molecule has 0 aromatic heterocycles. The van der Waals surface area contributed by atoms with Gasteiger partial charge < -0.3 is 10.2 Å². The molecule has 1 atom stereocenters. The molecule has 10 heteroatoms. The summed E-state index contributed by atoms with van der Waals surface area (Å²) in [5.74, 6) is -0.924. The average molecular weight is 639 g/mol. The lowest BCUT2D eigenvalue weighted by molar-refractivity contribution is -0.140. The molecule has 0 aliphatic rings. The van der Waals surface area contributed by atoms with Crippen LogP contribution in [-0.2, 0) is 32.6 Å². The number of sulfonamides is 1. The van der Waals surface area contributed by atoms with E-state index in [1.807, 2.05) is 67.6 Å². The summed E-state index contributed by atoms with van der Waals surface area (Å²) in [5, 5.41) is 3.20. The first-order chi connectivity index (χ1) is 20.6. The Morgan fingerprint density at radius 2 is 1.44 bits per heavy atom. The highest BCUT2D eigenvalue weighted by atomic mass is 35.5. The number of amides is 2. The molecule has 0 bridgehead atoms. The zero-order chi connectivity index (χ0) is 31.0. The number of likely N-dealkylation sites (N-methyl/N-ethyl adjacent to an activating group) is 1. The number of nitrogens with one attached hydrogen (secondary N) is 1. The van der Waals surface area contributed by atoms with Crippen molar-refractivity contribution in [2.24, 2.45) is 0 Å². The molecule has 0 fully saturated rings. The van der Waals surface area contributed by atoms with E-state index < -0.39 is 28.5 Å². The van der Waals surface area contributed by atoms with Crippen LogP contribution in [0, 0.1) is 6.92 Å². The maximum Gasteiger partial charge on any atom is 0.264 e. The minimum absolute atomic E-state index is 0.0129. The van der Waals surface area contributed by atoms with Crippen molar-refractivity contribution in [3.63, 3.8) is 0 Å². The third-order valence-electron chi connectivity index (χ3n) is 6.88. The summed E-state index contributed by atoms with van der Waals surface area (Å²) in [7, 11) is -4.28. The normalized spacial score (nSPS) is 11.9. The molecule has 0 aliphatic heterocycles. The first kappa shape index (κ1) is 32.1. The average Bonchev–Trinajstić information content (AvgIpc) is 3.00. The van der Waals surface area contributed by atoms with Gasteiger partial charge in [0.1, 0.15) is 12.6 Å². The number of benzene rings is 4. The van der Waals surface area contributed by atoms with Crippen molar-refractivity contribution in [3.8, 4) is 0 Å². The number of anilines is 1. The molecule has 4 aromatic carbocycles. The van der Waals surface area contributed by atoms with Gasteiger partial charge in [0.25, 0.3) is 10.0 Å². The molecule has 7 nitrogen and oxygen atoms in total.